The summed E-state index contributed by atoms with van der Waals surface area (Å²) in [5, 5.41) is 5.01. The summed E-state index contributed by atoms with van der Waals surface area (Å²) in [5.74, 6) is 0.0562. The Balaban J connectivity index is 2.19. The fraction of sp³-hybridized carbons (Fsp3) is 0.667. The van der Waals surface area contributed by atoms with Gasteiger partial charge >= 0.3 is 6.09 Å². The van der Waals surface area contributed by atoms with Crippen molar-refractivity contribution in [3.63, 3.8) is 0 Å². The predicted octanol–water partition coefficient (Wildman–Crippen LogP) is 3.76. The van der Waals surface area contributed by atoms with Crippen LogP contribution in [-0.4, -0.2) is 40.6 Å². The van der Waals surface area contributed by atoms with E-state index in [0.717, 1.165) is 0 Å². The molecule has 2 amide bonds. The average molecular weight is 353 g/mol. The first-order valence-corrected chi connectivity index (χ1v) is 9.19. The summed E-state index contributed by atoms with van der Waals surface area (Å²) in [5.41, 5.74) is -0.916. The van der Waals surface area contributed by atoms with Gasteiger partial charge in [0.05, 0.1) is 0 Å². The summed E-state index contributed by atoms with van der Waals surface area (Å²) in [6.07, 6.45) is 0.206. The summed E-state index contributed by atoms with van der Waals surface area (Å²) in [7, 11) is 0. The molecule has 1 aromatic heterocycles. The van der Waals surface area contributed by atoms with Gasteiger partial charge in [-0.25, -0.2) is 4.79 Å². The van der Waals surface area contributed by atoms with Crippen LogP contribution in [0.1, 0.15) is 58.8 Å². The molecule has 0 spiro atoms. The largest absolute Gasteiger partial charge is 0.444 e. The van der Waals surface area contributed by atoms with E-state index < -0.39 is 17.7 Å². The molecule has 0 aromatic carbocycles. The number of amides is 2. The minimum Gasteiger partial charge on any atom is -0.444 e. The fourth-order valence-corrected chi connectivity index (χ4v) is 3.62. The zero-order chi connectivity index (χ0) is 18.1. The molecule has 1 unspecified atom stereocenters. The summed E-state index contributed by atoms with van der Waals surface area (Å²) in [4.78, 5) is 28.1. The molecule has 5 nitrogen and oxygen atoms in total. The molecule has 2 rings (SSSR count). The molecule has 1 fully saturated rings. The van der Waals surface area contributed by atoms with Crippen molar-refractivity contribution in [1.29, 1.82) is 0 Å². The van der Waals surface area contributed by atoms with Crippen LogP contribution in [0.2, 0.25) is 0 Å². The lowest BCUT2D eigenvalue weighted by molar-refractivity contribution is -0.126. The maximum Gasteiger partial charge on any atom is 0.410 e. The molecular formula is C18H28N2O3S. The topological polar surface area (TPSA) is 58.6 Å². The summed E-state index contributed by atoms with van der Waals surface area (Å²) in [6.45, 7) is 11.8. The lowest BCUT2D eigenvalue weighted by Gasteiger charge is -2.30. The highest BCUT2D eigenvalue weighted by molar-refractivity contribution is 7.10. The minimum absolute atomic E-state index is 0.118. The van der Waals surface area contributed by atoms with Gasteiger partial charge in [-0.05, 0) is 59.4 Å². The lowest BCUT2D eigenvalue weighted by Crippen LogP contribution is -2.52. The Morgan fingerprint density at radius 2 is 1.92 bits per heavy atom. The second-order valence-corrected chi connectivity index (χ2v) is 9.32. The highest BCUT2D eigenvalue weighted by Crippen LogP contribution is 2.35. The molecule has 6 heteroatoms. The SMILES string of the molecule is CC(C)(C)NC(=O)[C@@H]1CC(c2cccs2)CN1C(=O)OC(C)(C)C. The quantitative estimate of drug-likeness (QED) is 0.882. The van der Waals surface area contributed by atoms with Crippen LogP contribution in [0.25, 0.3) is 0 Å². The molecule has 0 bridgehead atoms. The monoisotopic (exact) mass is 352 g/mol. The smallest absolute Gasteiger partial charge is 0.410 e. The Labute approximate surface area is 148 Å². The van der Waals surface area contributed by atoms with E-state index in [1.165, 1.54) is 4.88 Å². The van der Waals surface area contributed by atoms with Crippen LogP contribution in [0, 0.1) is 0 Å². The van der Waals surface area contributed by atoms with Crippen molar-refractivity contribution in [2.45, 2.75) is 71.1 Å². The van der Waals surface area contributed by atoms with Crippen molar-refractivity contribution in [2.24, 2.45) is 0 Å². The number of rotatable bonds is 2. The van der Waals surface area contributed by atoms with Crippen molar-refractivity contribution in [3.8, 4) is 0 Å². The molecular weight excluding hydrogens is 324 g/mol. The zero-order valence-corrected chi connectivity index (χ0v) is 16.2. The van der Waals surface area contributed by atoms with E-state index in [-0.39, 0.29) is 17.4 Å². The Morgan fingerprint density at radius 3 is 2.42 bits per heavy atom. The second-order valence-electron chi connectivity index (χ2n) is 8.34. The molecule has 1 aromatic rings. The predicted molar refractivity (Wildman–Crippen MR) is 96.3 cm³/mol. The van der Waals surface area contributed by atoms with Crippen LogP contribution in [0.5, 0.6) is 0 Å². The first-order valence-electron chi connectivity index (χ1n) is 8.31. The van der Waals surface area contributed by atoms with Gasteiger partial charge in [-0.2, -0.15) is 0 Å². The Kier molecular flexibility index (Phi) is 5.28. The summed E-state index contributed by atoms with van der Waals surface area (Å²) >= 11 is 1.66. The molecule has 0 saturated carbocycles. The van der Waals surface area contributed by atoms with Crippen LogP contribution in [0.3, 0.4) is 0 Å². The van der Waals surface area contributed by atoms with Gasteiger partial charge in [0.25, 0.3) is 0 Å². The van der Waals surface area contributed by atoms with E-state index in [0.29, 0.717) is 13.0 Å². The molecule has 2 heterocycles. The number of nitrogens with one attached hydrogen (secondary N) is 1. The first-order chi connectivity index (χ1) is 11.0. The molecule has 1 N–H and O–H groups in total. The van der Waals surface area contributed by atoms with Crippen molar-refractivity contribution in [1.82, 2.24) is 10.2 Å². The van der Waals surface area contributed by atoms with Crippen molar-refractivity contribution < 1.29 is 14.3 Å². The summed E-state index contributed by atoms with van der Waals surface area (Å²) in [6, 6.07) is 3.57. The van der Waals surface area contributed by atoms with Crippen molar-refractivity contribution in [3.05, 3.63) is 22.4 Å². The molecule has 134 valence electrons. The lowest BCUT2D eigenvalue weighted by atomic mass is 10.0. The van der Waals surface area contributed by atoms with Crippen molar-refractivity contribution >= 4 is 23.3 Å². The fourth-order valence-electron chi connectivity index (χ4n) is 2.79. The number of hydrogen-bond acceptors (Lipinski definition) is 4. The molecule has 0 aliphatic carbocycles. The van der Waals surface area contributed by atoms with Gasteiger partial charge in [-0.15, -0.1) is 11.3 Å². The third-order valence-corrected chi connectivity index (χ3v) is 4.71. The standard InChI is InChI=1S/C18H28N2O3S/c1-17(2,3)19-15(21)13-10-12(14-8-7-9-24-14)11-20(13)16(22)23-18(4,5)6/h7-9,12-13H,10-11H2,1-6H3,(H,19,21)/t12?,13-/m0/s1. The number of hydrogen-bond donors (Lipinski definition) is 1. The maximum atomic E-state index is 12.7. The van der Waals surface area contributed by atoms with Crippen LogP contribution in [0.15, 0.2) is 17.5 Å². The second kappa shape index (κ2) is 6.75. The van der Waals surface area contributed by atoms with E-state index in [1.54, 1.807) is 16.2 Å². The normalized spacial score (nSPS) is 21.7. The molecule has 1 saturated heterocycles. The molecule has 0 radical (unpaired) electrons. The van der Waals surface area contributed by atoms with Crippen LogP contribution in [-0.2, 0) is 9.53 Å². The van der Waals surface area contributed by atoms with Gasteiger partial charge in [-0.3, -0.25) is 9.69 Å². The number of carbonyl (C=O) groups excluding carboxylic acids is 2. The third-order valence-electron chi connectivity index (χ3n) is 3.68. The van der Waals surface area contributed by atoms with Gasteiger partial charge < -0.3 is 10.1 Å². The first kappa shape index (κ1) is 18.8. The van der Waals surface area contributed by atoms with Gasteiger partial charge in [0.2, 0.25) is 5.91 Å². The van der Waals surface area contributed by atoms with Gasteiger partial charge in [0, 0.05) is 22.9 Å². The Bertz CT molecular complexity index is 548. The van der Waals surface area contributed by atoms with Crippen LogP contribution >= 0.6 is 11.3 Å². The van der Waals surface area contributed by atoms with E-state index >= 15 is 0 Å². The third kappa shape index (κ3) is 4.97. The highest BCUT2D eigenvalue weighted by Gasteiger charge is 2.42. The maximum absolute atomic E-state index is 12.7. The van der Waals surface area contributed by atoms with E-state index in [4.69, 9.17) is 4.74 Å². The Morgan fingerprint density at radius 1 is 1.25 bits per heavy atom. The number of carbonyl (C=O) groups is 2. The van der Waals surface area contributed by atoms with Crippen LogP contribution in [0.4, 0.5) is 4.79 Å². The zero-order valence-electron chi connectivity index (χ0n) is 15.4. The van der Waals surface area contributed by atoms with Gasteiger partial charge in [0.15, 0.2) is 0 Å². The van der Waals surface area contributed by atoms with Gasteiger partial charge in [0.1, 0.15) is 11.6 Å². The average Bonchev–Trinajstić information content (AvgIpc) is 3.04. The van der Waals surface area contributed by atoms with E-state index in [2.05, 4.69) is 11.4 Å². The summed E-state index contributed by atoms with van der Waals surface area (Å²) < 4.78 is 5.51. The van der Waals surface area contributed by atoms with Gasteiger partial charge in [-0.1, -0.05) is 6.07 Å². The Hall–Kier alpha value is -1.56. The van der Waals surface area contributed by atoms with Crippen LogP contribution < -0.4 is 5.32 Å². The number of likely N-dealkylation sites (tertiary alicyclic amines) is 1. The number of nitrogens with zero attached hydrogens (tertiary/aromatic N) is 1. The molecule has 1 aliphatic heterocycles. The number of thiophene rings is 1. The minimum atomic E-state index is -0.580. The molecule has 24 heavy (non-hydrogen) atoms. The van der Waals surface area contributed by atoms with Crippen molar-refractivity contribution in [2.75, 3.05) is 6.54 Å². The van der Waals surface area contributed by atoms with E-state index in [9.17, 15) is 9.59 Å². The van der Waals surface area contributed by atoms with E-state index in [1.807, 2.05) is 53.0 Å². The molecule has 1 aliphatic rings. The molecule has 2 atom stereocenters. The highest BCUT2D eigenvalue weighted by atomic mass is 32.1. The number of ether oxygens (including phenoxy) is 1.